The van der Waals surface area contributed by atoms with Gasteiger partial charge in [-0.1, -0.05) is 11.6 Å². The Morgan fingerprint density at radius 1 is 1.31 bits per heavy atom. The van der Waals surface area contributed by atoms with E-state index in [0.29, 0.717) is 5.15 Å². The minimum Gasteiger partial charge on any atom is -0.369 e. The Morgan fingerprint density at radius 2 is 2.25 bits per heavy atom. The van der Waals surface area contributed by atoms with E-state index in [-0.39, 0.29) is 0 Å². The van der Waals surface area contributed by atoms with Crippen LogP contribution in [0.2, 0.25) is 5.15 Å². The Bertz CT molecular complexity index is 412. The number of hydrogen-bond acceptors (Lipinski definition) is 5. The van der Waals surface area contributed by atoms with Gasteiger partial charge in [-0.2, -0.15) is 5.10 Å². The third-order valence-electron chi connectivity index (χ3n) is 1.99. The number of nitrogens with zero attached hydrogens (tertiary/aromatic N) is 4. The first-order chi connectivity index (χ1) is 7.84. The molecule has 0 saturated carbocycles. The lowest BCUT2D eigenvalue weighted by Gasteiger charge is -2.03. The topological polar surface area (TPSA) is 79.4 Å². The molecule has 0 spiro atoms. The number of hydrogen-bond donors (Lipinski definition) is 2. The number of aromatic nitrogens is 5. The number of H-pyrrole nitrogens is 1. The third kappa shape index (κ3) is 3.16. The van der Waals surface area contributed by atoms with Crippen molar-refractivity contribution < 1.29 is 0 Å². The van der Waals surface area contributed by atoms with E-state index in [1.165, 1.54) is 6.33 Å². The molecule has 0 amide bonds. The lowest BCUT2D eigenvalue weighted by molar-refractivity contribution is 0.801. The highest BCUT2D eigenvalue weighted by Crippen LogP contribution is 2.06. The highest BCUT2D eigenvalue weighted by Gasteiger charge is 1.97. The number of aromatic amines is 1. The van der Waals surface area contributed by atoms with E-state index in [1.54, 1.807) is 12.1 Å². The van der Waals surface area contributed by atoms with E-state index >= 15 is 0 Å². The molecule has 2 aromatic rings. The molecule has 2 N–H and O–H groups in total. The zero-order valence-electron chi connectivity index (χ0n) is 8.52. The quantitative estimate of drug-likeness (QED) is 0.768. The Kier molecular flexibility index (Phi) is 3.66. The van der Waals surface area contributed by atoms with Crippen LogP contribution in [0.1, 0.15) is 12.2 Å². The summed E-state index contributed by atoms with van der Waals surface area (Å²) < 4.78 is 0. The molecule has 0 aliphatic heterocycles. The number of halogens is 1. The highest BCUT2D eigenvalue weighted by atomic mass is 35.5. The van der Waals surface area contributed by atoms with Crippen LogP contribution in [0.4, 0.5) is 5.82 Å². The molecule has 0 atom stereocenters. The fourth-order valence-electron chi connectivity index (χ4n) is 1.23. The number of nitrogens with one attached hydrogen (secondary N) is 2. The first-order valence-electron chi connectivity index (χ1n) is 4.92. The van der Waals surface area contributed by atoms with Crippen molar-refractivity contribution in [2.45, 2.75) is 12.8 Å². The molecule has 0 saturated heterocycles. The van der Waals surface area contributed by atoms with Gasteiger partial charge < -0.3 is 5.32 Å². The molecular weight excluding hydrogens is 228 g/mol. The first-order valence-corrected chi connectivity index (χ1v) is 5.30. The van der Waals surface area contributed by atoms with Gasteiger partial charge in [-0.15, -0.1) is 10.2 Å². The normalized spacial score (nSPS) is 10.3. The molecule has 7 heteroatoms. The molecule has 0 fully saturated rings. The van der Waals surface area contributed by atoms with Gasteiger partial charge >= 0.3 is 0 Å². The Labute approximate surface area is 97.5 Å². The minimum atomic E-state index is 0.396. The van der Waals surface area contributed by atoms with E-state index < -0.39 is 0 Å². The summed E-state index contributed by atoms with van der Waals surface area (Å²) in [7, 11) is 0. The predicted molar refractivity (Wildman–Crippen MR) is 60.2 cm³/mol. The first kappa shape index (κ1) is 10.8. The second-order valence-corrected chi connectivity index (χ2v) is 3.59. The fourth-order valence-corrected chi connectivity index (χ4v) is 1.33. The molecule has 0 aliphatic rings. The van der Waals surface area contributed by atoms with Crippen LogP contribution in [-0.4, -0.2) is 31.9 Å². The van der Waals surface area contributed by atoms with E-state index in [1.807, 2.05) is 0 Å². The van der Waals surface area contributed by atoms with Crippen molar-refractivity contribution in [3.8, 4) is 0 Å². The van der Waals surface area contributed by atoms with Gasteiger partial charge in [0, 0.05) is 13.0 Å². The molecular formula is C9H11ClN6. The largest absolute Gasteiger partial charge is 0.369 e. The van der Waals surface area contributed by atoms with Crippen LogP contribution in [0.5, 0.6) is 0 Å². The average molecular weight is 239 g/mol. The summed E-state index contributed by atoms with van der Waals surface area (Å²) in [6.45, 7) is 0.803. The standard InChI is InChI=1S/C9H11ClN6/c10-7-3-4-9(16-14-7)11-5-1-2-8-12-6-13-15-8/h3-4,6H,1-2,5H2,(H,11,16)(H,12,13,15). The van der Waals surface area contributed by atoms with Crippen LogP contribution >= 0.6 is 11.6 Å². The van der Waals surface area contributed by atoms with E-state index in [2.05, 4.69) is 30.7 Å². The minimum absolute atomic E-state index is 0.396. The van der Waals surface area contributed by atoms with Crippen molar-refractivity contribution in [1.82, 2.24) is 25.4 Å². The molecule has 0 radical (unpaired) electrons. The summed E-state index contributed by atoms with van der Waals surface area (Å²) in [5.74, 6) is 1.62. The Morgan fingerprint density at radius 3 is 2.94 bits per heavy atom. The highest BCUT2D eigenvalue weighted by molar-refractivity contribution is 6.29. The zero-order valence-corrected chi connectivity index (χ0v) is 9.28. The number of rotatable bonds is 5. The maximum Gasteiger partial charge on any atom is 0.151 e. The van der Waals surface area contributed by atoms with Crippen LogP contribution in [0.3, 0.4) is 0 Å². The van der Waals surface area contributed by atoms with Crippen molar-refractivity contribution in [3.05, 3.63) is 29.4 Å². The fraction of sp³-hybridized carbons (Fsp3) is 0.333. The van der Waals surface area contributed by atoms with Crippen molar-refractivity contribution in [1.29, 1.82) is 0 Å². The Balaban J connectivity index is 1.70. The average Bonchev–Trinajstić information content (AvgIpc) is 2.80. The molecule has 0 bridgehead atoms. The second-order valence-electron chi connectivity index (χ2n) is 3.20. The summed E-state index contributed by atoms with van der Waals surface area (Å²) in [6, 6.07) is 3.50. The maximum absolute atomic E-state index is 5.62. The van der Waals surface area contributed by atoms with E-state index in [0.717, 1.165) is 31.0 Å². The molecule has 2 heterocycles. The molecule has 84 valence electrons. The second kappa shape index (κ2) is 5.41. The van der Waals surface area contributed by atoms with E-state index in [9.17, 15) is 0 Å². The summed E-state index contributed by atoms with van der Waals surface area (Å²) in [4.78, 5) is 4.03. The van der Waals surface area contributed by atoms with Crippen LogP contribution in [0.15, 0.2) is 18.5 Å². The van der Waals surface area contributed by atoms with Gasteiger partial charge in [0.05, 0.1) is 0 Å². The molecule has 2 rings (SSSR count). The van der Waals surface area contributed by atoms with Crippen molar-refractivity contribution >= 4 is 17.4 Å². The van der Waals surface area contributed by atoms with Crippen LogP contribution < -0.4 is 5.32 Å². The van der Waals surface area contributed by atoms with Crippen LogP contribution in [0.25, 0.3) is 0 Å². The molecule has 0 aliphatic carbocycles. The summed E-state index contributed by atoms with van der Waals surface area (Å²) >= 11 is 5.62. The van der Waals surface area contributed by atoms with Gasteiger partial charge in [0.1, 0.15) is 18.0 Å². The number of aryl methyl sites for hydroxylation is 1. The molecule has 6 nitrogen and oxygen atoms in total. The van der Waals surface area contributed by atoms with Gasteiger partial charge in [-0.25, -0.2) is 4.98 Å². The molecule has 16 heavy (non-hydrogen) atoms. The van der Waals surface area contributed by atoms with Gasteiger partial charge in [-0.3, -0.25) is 5.10 Å². The molecule has 0 unspecified atom stereocenters. The Hall–Kier alpha value is -1.69. The summed E-state index contributed by atoms with van der Waals surface area (Å²) in [6.07, 6.45) is 3.31. The SMILES string of the molecule is Clc1ccc(NCCCc2ncn[nH]2)nn1. The van der Waals surface area contributed by atoms with Gasteiger partial charge in [0.15, 0.2) is 5.15 Å². The van der Waals surface area contributed by atoms with Crippen LogP contribution in [0, 0.1) is 0 Å². The summed E-state index contributed by atoms with van der Waals surface area (Å²) in [5, 5.41) is 17.7. The smallest absolute Gasteiger partial charge is 0.151 e. The lowest BCUT2D eigenvalue weighted by atomic mass is 10.3. The summed E-state index contributed by atoms with van der Waals surface area (Å²) in [5.41, 5.74) is 0. The van der Waals surface area contributed by atoms with Crippen molar-refractivity contribution in [2.75, 3.05) is 11.9 Å². The van der Waals surface area contributed by atoms with E-state index in [4.69, 9.17) is 11.6 Å². The maximum atomic E-state index is 5.62. The predicted octanol–water partition coefficient (Wildman–Crippen LogP) is 1.29. The molecule has 2 aromatic heterocycles. The van der Waals surface area contributed by atoms with Crippen LogP contribution in [-0.2, 0) is 6.42 Å². The van der Waals surface area contributed by atoms with Crippen molar-refractivity contribution in [3.63, 3.8) is 0 Å². The van der Waals surface area contributed by atoms with Gasteiger partial charge in [0.25, 0.3) is 0 Å². The number of anilines is 1. The van der Waals surface area contributed by atoms with Gasteiger partial charge in [0.2, 0.25) is 0 Å². The third-order valence-corrected chi connectivity index (χ3v) is 2.19. The lowest BCUT2D eigenvalue weighted by Crippen LogP contribution is -2.05. The molecule has 0 aromatic carbocycles. The van der Waals surface area contributed by atoms with Crippen molar-refractivity contribution in [2.24, 2.45) is 0 Å². The zero-order chi connectivity index (χ0) is 11.2. The van der Waals surface area contributed by atoms with Gasteiger partial charge in [-0.05, 0) is 18.6 Å². The monoisotopic (exact) mass is 238 g/mol.